The summed E-state index contributed by atoms with van der Waals surface area (Å²) < 4.78 is 6.20. The summed E-state index contributed by atoms with van der Waals surface area (Å²) in [6.45, 7) is 10.9. The molecule has 0 radical (unpaired) electrons. The average molecular weight is 326 g/mol. The number of hydrogen-bond donors (Lipinski definition) is 2. The zero-order valence-electron chi connectivity index (χ0n) is 14.2. The molecule has 1 fully saturated rings. The Hall–Kier alpha value is -1.27. The molecule has 2 atom stereocenters. The Labute approximate surface area is 132 Å². The third-order valence-electron chi connectivity index (χ3n) is 4.46. The minimum atomic E-state index is -2.06. The molecule has 0 aromatic carbocycles. The molecule has 1 aliphatic rings. The lowest BCUT2D eigenvalue weighted by molar-refractivity contribution is -0.128. The molecule has 22 heavy (non-hydrogen) atoms. The van der Waals surface area contributed by atoms with Crippen molar-refractivity contribution in [1.82, 2.24) is 10.6 Å². The molecular formula is C15H26N2O4Si. The molecule has 0 spiro atoms. The highest BCUT2D eigenvalue weighted by Gasteiger charge is 2.44. The van der Waals surface area contributed by atoms with Crippen molar-refractivity contribution in [3.8, 4) is 0 Å². The van der Waals surface area contributed by atoms with Crippen molar-refractivity contribution in [3.05, 3.63) is 5.57 Å². The Balaban J connectivity index is 2.85. The molecule has 6 nitrogen and oxygen atoms in total. The van der Waals surface area contributed by atoms with E-state index in [-0.39, 0.29) is 28.7 Å². The van der Waals surface area contributed by atoms with Gasteiger partial charge in [-0.05, 0) is 18.1 Å². The minimum absolute atomic E-state index is 0.00515. The van der Waals surface area contributed by atoms with Gasteiger partial charge >= 0.3 is 0 Å². The highest BCUT2D eigenvalue weighted by molar-refractivity contribution is 6.74. The second-order valence-corrected chi connectivity index (χ2v) is 11.8. The van der Waals surface area contributed by atoms with Crippen LogP contribution in [-0.4, -0.2) is 51.7 Å². The van der Waals surface area contributed by atoms with E-state index in [0.717, 1.165) is 0 Å². The van der Waals surface area contributed by atoms with Crippen LogP contribution in [0.25, 0.3) is 0 Å². The van der Waals surface area contributed by atoms with Crippen LogP contribution in [-0.2, 0) is 18.8 Å². The van der Waals surface area contributed by atoms with Crippen molar-refractivity contribution in [1.29, 1.82) is 0 Å². The third-order valence-corrected chi connectivity index (χ3v) is 8.95. The van der Waals surface area contributed by atoms with Crippen LogP contribution >= 0.6 is 0 Å². The summed E-state index contributed by atoms with van der Waals surface area (Å²) in [4.78, 5) is 34.8. The van der Waals surface area contributed by atoms with Gasteiger partial charge in [0.25, 0.3) is 0 Å². The van der Waals surface area contributed by atoms with Crippen LogP contribution in [0.1, 0.15) is 27.2 Å². The van der Waals surface area contributed by atoms with Crippen molar-refractivity contribution >= 4 is 25.9 Å². The topological polar surface area (TPSA) is 84.5 Å². The lowest BCUT2D eigenvalue weighted by Crippen LogP contribution is -2.45. The van der Waals surface area contributed by atoms with Gasteiger partial charge in [-0.15, -0.1) is 0 Å². The smallest absolute Gasteiger partial charge is 0.227 e. The van der Waals surface area contributed by atoms with Crippen molar-refractivity contribution in [2.75, 3.05) is 13.6 Å². The largest absolute Gasteiger partial charge is 0.408 e. The van der Waals surface area contributed by atoms with Gasteiger partial charge in [-0.1, -0.05) is 20.8 Å². The van der Waals surface area contributed by atoms with Crippen LogP contribution in [0.5, 0.6) is 0 Å². The fraction of sp³-hybridized carbons (Fsp3) is 0.733. The van der Waals surface area contributed by atoms with Gasteiger partial charge in [0.1, 0.15) is 12.0 Å². The molecule has 1 amide bonds. The highest BCUT2D eigenvalue weighted by atomic mass is 28.4. The van der Waals surface area contributed by atoms with Crippen molar-refractivity contribution in [2.24, 2.45) is 0 Å². The van der Waals surface area contributed by atoms with Crippen molar-refractivity contribution < 1.29 is 18.8 Å². The lowest BCUT2D eigenvalue weighted by Gasteiger charge is -2.38. The number of rotatable bonds is 5. The molecule has 0 aromatic heterocycles. The Morgan fingerprint density at radius 3 is 2.45 bits per heavy atom. The molecule has 0 bridgehead atoms. The van der Waals surface area contributed by atoms with Crippen LogP contribution in [0.4, 0.5) is 0 Å². The Bertz CT molecular complexity index is 504. The predicted octanol–water partition coefficient (Wildman–Crippen LogP) is 0.812. The number of Topliss-reactive ketones (excluding diaryl/α,β-unsaturated/α-hetero) is 1. The van der Waals surface area contributed by atoms with E-state index in [1.165, 1.54) is 7.05 Å². The van der Waals surface area contributed by atoms with E-state index < -0.39 is 20.5 Å². The van der Waals surface area contributed by atoms with Crippen LogP contribution in [0, 0.1) is 0 Å². The number of carbonyl (C=O) groups is 2. The van der Waals surface area contributed by atoms with E-state index in [2.05, 4.69) is 44.5 Å². The summed E-state index contributed by atoms with van der Waals surface area (Å²) in [5.74, 6) is 1.16. The molecule has 2 unspecified atom stereocenters. The first-order valence-electron chi connectivity index (χ1n) is 7.43. The molecule has 7 heteroatoms. The normalized spacial score (nSPS) is 22.4. The van der Waals surface area contributed by atoms with Gasteiger partial charge in [-0.25, -0.2) is 4.79 Å². The van der Waals surface area contributed by atoms with Crippen LogP contribution in [0.15, 0.2) is 5.57 Å². The van der Waals surface area contributed by atoms with Gasteiger partial charge < -0.3 is 15.1 Å². The first kappa shape index (κ1) is 18.8. The van der Waals surface area contributed by atoms with Gasteiger partial charge in [-0.3, -0.25) is 9.59 Å². The lowest BCUT2D eigenvalue weighted by atomic mass is 10.0. The summed E-state index contributed by atoms with van der Waals surface area (Å²) in [6.07, 6.45) is -0.705. The quantitative estimate of drug-likeness (QED) is 0.444. The van der Waals surface area contributed by atoms with Crippen LogP contribution < -0.4 is 10.6 Å². The first-order valence-corrected chi connectivity index (χ1v) is 10.3. The number of hydrogen-bond acceptors (Lipinski definition) is 5. The van der Waals surface area contributed by atoms with Gasteiger partial charge in [0, 0.05) is 13.6 Å². The first-order chi connectivity index (χ1) is 10.0. The highest BCUT2D eigenvalue weighted by Crippen LogP contribution is 2.38. The Morgan fingerprint density at radius 2 is 2.00 bits per heavy atom. The van der Waals surface area contributed by atoms with Gasteiger partial charge in [0.2, 0.25) is 5.91 Å². The molecule has 1 rings (SSSR count). The zero-order valence-corrected chi connectivity index (χ0v) is 15.2. The van der Waals surface area contributed by atoms with E-state index in [1.807, 2.05) is 5.94 Å². The average Bonchev–Trinajstić information content (AvgIpc) is 2.79. The van der Waals surface area contributed by atoms with Gasteiger partial charge in [-0.2, -0.15) is 0 Å². The third kappa shape index (κ3) is 4.13. The van der Waals surface area contributed by atoms with E-state index >= 15 is 0 Å². The second kappa shape index (κ2) is 6.87. The fourth-order valence-electron chi connectivity index (χ4n) is 2.03. The summed E-state index contributed by atoms with van der Waals surface area (Å²) in [5, 5.41) is 5.39. The molecule has 1 aliphatic heterocycles. The number of amides is 1. The maximum absolute atomic E-state index is 12.1. The second-order valence-electron chi connectivity index (χ2n) is 7.08. The van der Waals surface area contributed by atoms with E-state index in [9.17, 15) is 14.4 Å². The summed E-state index contributed by atoms with van der Waals surface area (Å²) in [6, 6.07) is -0.774. The molecule has 124 valence electrons. The molecule has 1 saturated heterocycles. The molecule has 0 aliphatic carbocycles. The van der Waals surface area contributed by atoms with Crippen LogP contribution in [0.3, 0.4) is 0 Å². The Morgan fingerprint density at radius 1 is 1.41 bits per heavy atom. The fourth-order valence-corrected chi connectivity index (χ4v) is 3.30. The zero-order chi connectivity index (χ0) is 17.1. The van der Waals surface area contributed by atoms with Gasteiger partial charge in [0.05, 0.1) is 18.1 Å². The molecule has 0 aromatic rings. The van der Waals surface area contributed by atoms with Crippen molar-refractivity contribution in [3.63, 3.8) is 0 Å². The maximum atomic E-state index is 12.1. The number of nitrogens with one attached hydrogen (secondary N) is 2. The standard InChI is InChI=1S/C15H26N2O4Si/c1-15(2,3)22(5,6)21-12-8-17-14(10(12)9-18)11(19)7-13(20)16-4/h12,14,17H,7-8H2,1-6H3,(H,16,20). The molecule has 1 heterocycles. The van der Waals surface area contributed by atoms with Crippen LogP contribution in [0.2, 0.25) is 18.1 Å². The predicted molar refractivity (Wildman–Crippen MR) is 86.8 cm³/mol. The van der Waals surface area contributed by atoms with E-state index in [0.29, 0.717) is 6.54 Å². The number of carbonyl (C=O) groups excluding carboxylic acids is 3. The van der Waals surface area contributed by atoms with Gasteiger partial charge in [0.15, 0.2) is 14.1 Å². The molecular weight excluding hydrogens is 300 g/mol. The monoisotopic (exact) mass is 326 g/mol. The number of ketones is 1. The molecule has 0 saturated carbocycles. The summed E-state index contributed by atoms with van der Waals surface area (Å²) in [7, 11) is -0.592. The molecule has 2 N–H and O–H groups in total. The summed E-state index contributed by atoms with van der Waals surface area (Å²) in [5.41, 5.74) is 0.277. The minimum Gasteiger partial charge on any atom is -0.408 e. The van der Waals surface area contributed by atoms with E-state index in [4.69, 9.17) is 4.43 Å². The van der Waals surface area contributed by atoms with E-state index in [1.54, 1.807) is 0 Å². The summed E-state index contributed by atoms with van der Waals surface area (Å²) >= 11 is 0. The SMILES string of the molecule is CNC(=O)CC(=O)C1NCC(O[Si](C)(C)C(C)(C)C)C1=C=O. The maximum Gasteiger partial charge on any atom is 0.227 e. The van der Waals surface area contributed by atoms with Crippen molar-refractivity contribution in [2.45, 2.75) is 57.5 Å². The Kier molecular flexibility index (Phi) is 5.87.